The van der Waals surface area contributed by atoms with Crippen molar-refractivity contribution in [3.63, 3.8) is 0 Å². The predicted octanol–water partition coefficient (Wildman–Crippen LogP) is 4.17. The third kappa shape index (κ3) is 5.28. The van der Waals surface area contributed by atoms with Crippen LogP contribution >= 0.6 is 0 Å². The Balaban J connectivity index is 1.35. The molecular formula is C26H27N3O5. The molecule has 1 aromatic heterocycles. The average molecular weight is 462 g/mol. The van der Waals surface area contributed by atoms with Crippen LogP contribution in [0.15, 0.2) is 48.5 Å². The normalized spacial score (nSPS) is 13.2. The van der Waals surface area contributed by atoms with Crippen molar-refractivity contribution < 1.29 is 23.8 Å². The molecule has 1 aliphatic rings. The molecule has 1 aliphatic heterocycles. The molecule has 1 atom stereocenters. The summed E-state index contributed by atoms with van der Waals surface area (Å²) < 4.78 is 17.7. The molecule has 1 unspecified atom stereocenters. The lowest BCUT2D eigenvalue weighted by Gasteiger charge is -2.12. The fourth-order valence-electron chi connectivity index (χ4n) is 3.61. The average Bonchev–Trinajstić information content (AvgIpc) is 3.37. The van der Waals surface area contributed by atoms with Crippen molar-refractivity contribution in [3.05, 3.63) is 76.6 Å². The number of fused-ring (bicyclic) bond motifs is 1. The highest BCUT2D eigenvalue weighted by Crippen LogP contribution is 2.34. The molecule has 8 nitrogen and oxygen atoms in total. The fourth-order valence-corrected chi connectivity index (χ4v) is 3.61. The Hall–Kier alpha value is -4.07. The first-order valence-electron chi connectivity index (χ1n) is 11.0. The standard InChI is InChI=1S/C26H27N3O5/c1-16-5-7-20(8-6-16)14-29-18(3)22(17(2)28-29)10-12-25(30)34-19(4)26(31)27-21-9-11-23-24(13-21)33-15-32-23/h5-13,19H,14-15H2,1-4H3,(H,27,31). The summed E-state index contributed by atoms with van der Waals surface area (Å²) in [5.74, 6) is 0.117. The number of nitrogens with zero attached hydrogens (tertiary/aromatic N) is 2. The SMILES string of the molecule is Cc1ccc(Cn2nc(C)c(C=CC(=O)OC(C)C(=O)Nc3ccc4c(c3)OCO4)c2C)cc1. The molecule has 0 saturated heterocycles. The fraction of sp³-hybridized carbons (Fsp3) is 0.269. The van der Waals surface area contributed by atoms with E-state index in [0.717, 1.165) is 22.5 Å². The summed E-state index contributed by atoms with van der Waals surface area (Å²) in [7, 11) is 0. The maximum absolute atomic E-state index is 12.4. The van der Waals surface area contributed by atoms with Gasteiger partial charge >= 0.3 is 5.97 Å². The van der Waals surface area contributed by atoms with Crippen LogP contribution in [0.5, 0.6) is 11.5 Å². The largest absolute Gasteiger partial charge is 0.454 e. The van der Waals surface area contributed by atoms with Crippen LogP contribution in [0.2, 0.25) is 0 Å². The van der Waals surface area contributed by atoms with Gasteiger partial charge in [0.15, 0.2) is 17.6 Å². The predicted molar refractivity (Wildman–Crippen MR) is 128 cm³/mol. The quantitative estimate of drug-likeness (QED) is 0.420. The monoisotopic (exact) mass is 461 g/mol. The number of amides is 1. The van der Waals surface area contributed by atoms with Crippen molar-refractivity contribution in [2.24, 2.45) is 0 Å². The smallest absolute Gasteiger partial charge is 0.331 e. The molecule has 1 N–H and O–H groups in total. The first-order valence-corrected chi connectivity index (χ1v) is 11.0. The summed E-state index contributed by atoms with van der Waals surface area (Å²) in [5, 5.41) is 7.31. The number of benzene rings is 2. The molecule has 176 valence electrons. The van der Waals surface area contributed by atoms with E-state index < -0.39 is 18.0 Å². The minimum Gasteiger partial charge on any atom is -0.454 e. The molecule has 0 fully saturated rings. The first kappa shape index (κ1) is 23.1. The molecule has 0 bridgehead atoms. The number of rotatable bonds is 7. The van der Waals surface area contributed by atoms with E-state index in [9.17, 15) is 9.59 Å². The van der Waals surface area contributed by atoms with Crippen LogP contribution in [0.3, 0.4) is 0 Å². The van der Waals surface area contributed by atoms with Crippen molar-refractivity contribution in [1.29, 1.82) is 0 Å². The number of anilines is 1. The Morgan fingerprint density at radius 1 is 1.12 bits per heavy atom. The molecule has 0 radical (unpaired) electrons. The van der Waals surface area contributed by atoms with Crippen LogP contribution in [0.25, 0.3) is 6.08 Å². The van der Waals surface area contributed by atoms with E-state index in [1.165, 1.54) is 18.6 Å². The lowest BCUT2D eigenvalue weighted by Crippen LogP contribution is -2.29. The zero-order chi connectivity index (χ0) is 24.2. The second-order valence-corrected chi connectivity index (χ2v) is 8.20. The van der Waals surface area contributed by atoms with E-state index in [1.54, 1.807) is 24.3 Å². The van der Waals surface area contributed by atoms with E-state index >= 15 is 0 Å². The van der Waals surface area contributed by atoms with Gasteiger partial charge in [0, 0.05) is 29.1 Å². The van der Waals surface area contributed by atoms with Gasteiger partial charge in [0.25, 0.3) is 5.91 Å². The van der Waals surface area contributed by atoms with Crippen molar-refractivity contribution in [2.75, 3.05) is 12.1 Å². The van der Waals surface area contributed by atoms with Gasteiger partial charge in [0.1, 0.15) is 0 Å². The number of carbonyl (C=O) groups excluding carboxylic acids is 2. The maximum atomic E-state index is 12.4. The Labute approximate surface area is 198 Å². The van der Waals surface area contributed by atoms with Gasteiger partial charge in [0.05, 0.1) is 12.2 Å². The molecule has 2 aromatic carbocycles. The van der Waals surface area contributed by atoms with Crippen molar-refractivity contribution in [3.8, 4) is 11.5 Å². The lowest BCUT2D eigenvalue weighted by atomic mass is 10.1. The van der Waals surface area contributed by atoms with E-state index in [0.29, 0.717) is 23.7 Å². The van der Waals surface area contributed by atoms with Gasteiger partial charge in [-0.3, -0.25) is 9.48 Å². The van der Waals surface area contributed by atoms with Gasteiger partial charge < -0.3 is 19.5 Å². The third-order valence-corrected chi connectivity index (χ3v) is 5.58. The first-order chi connectivity index (χ1) is 16.3. The van der Waals surface area contributed by atoms with Gasteiger partial charge in [-0.2, -0.15) is 5.10 Å². The van der Waals surface area contributed by atoms with E-state index in [1.807, 2.05) is 18.5 Å². The molecule has 34 heavy (non-hydrogen) atoms. The topological polar surface area (TPSA) is 91.7 Å². The Morgan fingerprint density at radius 2 is 1.85 bits per heavy atom. The number of carbonyl (C=O) groups is 2. The van der Waals surface area contributed by atoms with E-state index in [4.69, 9.17) is 14.2 Å². The number of aromatic nitrogens is 2. The second kappa shape index (κ2) is 9.82. The van der Waals surface area contributed by atoms with Gasteiger partial charge in [-0.1, -0.05) is 29.8 Å². The van der Waals surface area contributed by atoms with Gasteiger partial charge in [-0.05, 0) is 51.5 Å². The molecule has 8 heteroatoms. The van der Waals surface area contributed by atoms with Crippen LogP contribution in [-0.4, -0.2) is 34.6 Å². The zero-order valence-electron chi connectivity index (χ0n) is 19.6. The van der Waals surface area contributed by atoms with Crippen LogP contribution < -0.4 is 14.8 Å². The Bertz CT molecular complexity index is 1240. The lowest BCUT2D eigenvalue weighted by molar-refractivity contribution is -0.148. The Morgan fingerprint density at radius 3 is 2.62 bits per heavy atom. The summed E-state index contributed by atoms with van der Waals surface area (Å²) in [6, 6.07) is 13.4. The molecule has 0 saturated carbocycles. The zero-order valence-corrected chi connectivity index (χ0v) is 19.6. The van der Waals surface area contributed by atoms with Crippen LogP contribution in [0.4, 0.5) is 5.69 Å². The molecule has 0 spiro atoms. The molecular weight excluding hydrogens is 434 g/mol. The summed E-state index contributed by atoms with van der Waals surface area (Å²) in [5.41, 5.74) is 5.48. The van der Waals surface area contributed by atoms with Gasteiger partial charge in [-0.25, -0.2) is 4.79 Å². The van der Waals surface area contributed by atoms with Crippen LogP contribution in [0.1, 0.15) is 35.0 Å². The number of ether oxygens (including phenoxy) is 3. The number of hydrogen-bond donors (Lipinski definition) is 1. The van der Waals surface area contributed by atoms with E-state index in [2.05, 4.69) is 41.6 Å². The van der Waals surface area contributed by atoms with Gasteiger partial charge in [-0.15, -0.1) is 0 Å². The summed E-state index contributed by atoms with van der Waals surface area (Å²) in [4.78, 5) is 24.8. The summed E-state index contributed by atoms with van der Waals surface area (Å²) in [6.07, 6.45) is 2.01. The van der Waals surface area contributed by atoms with Crippen molar-refractivity contribution in [1.82, 2.24) is 9.78 Å². The number of nitrogens with one attached hydrogen (secondary N) is 1. The minimum atomic E-state index is -0.978. The number of esters is 1. The molecule has 2 heterocycles. The highest BCUT2D eigenvalue weighted by Gasteiger charge is 2.19. The van der Waals surface area contributed by atoms with Crippen molar-refractivity contribution in [2.45, 2.75) is 40.3 Å². The highest BCUT2D eigenvalue weighted by atomic mass is 16.7. The molecule has 3 aromatic rings. The summed E-state index contributed by atoms with van der Waals surface area (Å²) in [6.45, 7) is 8.21. The maximum Gasteiger partial charge on any atom is 0.331 e. The third-order valence-electron chi connectivity index (χ3n) is 5.58. The molecule has 4 rings (SSSR count). The molecule has 0 aliphatic carbocycles. The molecule has 1 amide bonds. The number of aryl methyl sites for hydroxylation is 2. The Kier molecular flexibility index (Phi) is 6.67. The highest BCUT2D eigenvalue weighted by molar-refractivity contribution is 5.97. The minimum absolute atomic E-state index is 0.150. The van der Waals surface area contributed by atoms with Crippen LogP contribution in [0, 0.1) is 20.8 Å². The van der Waals surface area contributed by atoms with Gasteiger partial charge in [0.2, 0.25) is 6.79 Å². The van der Waals surface area contributed by atoms with Crippen LogP contribution in [-0.2, 0) is 20.9 Å². The van der Waals surface area contributed by atoms with E-state index in [-0.39, 0.29) is 6.79 Å². The second-order valence-electron chi connectivity index (χ2n) is 8.20. The van der Waals surface area contributed by atoms with Crippen molar-refractivity contribution >= 4 is 23.6 Å². The number of hydrogen-bond acceptors (Lipinski definition) is 6. The summed E-state index contributed by atoms with van der Waals surface area (Å²) >= 11 is 0.